The Hall–Kier alpha value is -2.30. The van der Waals surface area contributed by atoms with Crippen LogP contribution in [0.5, 0.6) is 0 Å². The number of fused-ring (bicyclic) bond motifs is 1. The second-order valence-electron chi connectivity index (χ2n) is 7.70. The molecule has 0 N–H and O–H groups in total. The normalized spacial score (nSPS) is 17.6. The second kappa shape index (κ2) is 5.36. The molecule has 5 heteroatoms. The van der Waals surface area contributed by atoms with Crippen molar-refractivity contribution in [3.8, 4) is 11.3 Å². The van der Waals surface area contributed by atoms with Gasteiger partial charge in [0.1, 0.15) is 0 Å². The van der Waals surface area contributed by atoms with Crippen molar-refractivity contribution >= 4 is 16.6 Å². The van der Waals surface area contributed by atoms with Crippen LogP contribution in [0.1, 0.15) is 26.7 Å². The lowest BCUT2D eigenvalue weighted by Crippen LogP contribution is -2.37. The summed E-state index contributed by atoms with van der Waals surface area (Å²) in [5.74, 6) is 0. The average molecular weight is 323 g/mol. The van der Waals surface area contributed by atoms with Crippen molar-refractivity contribution in [3.05, 3.63) is 30.6 Å². The standard InChI is InChI=1S/C19H25N5/c1-19(2)7-9-24(10-8-19)17-13-21-23(4)18(17)14-5-6-16-15(11-14)12-20-22(16)3/h5-6,11-13H,7-10H2,1-4H3. The third-order valence-corrected chi connectivity index (χ3v) is 5.40. The monoisotopic (exact) mass is 323 g/mol. The highest BCUT2D eigenvalue weighted by Crippen LogP contribution is 2.37. The van der Waals surface area contributed by atoms with Crippen molar-refractivity contribution in [3.63, 3.8) is 0 Å². The number of hydrogen-bond donors (Lipinski definition) is 0. The van der Waals surface area contributed by atoms with Crippen molar-refractivity contribution in [1.82, 2.24) is 19.6 Å². The van der Waals surface area contributed by atoms with Gasteiger partial charge in [-0.15, -0.1) is 0 Å². The molecule has 1 fully saturated rings. The molecule has 0 saturated carbocycles. The van der Waals surface area contributed by atoms with E-state index >= 15 is 0 Å². The third-order valence-electron chi connectivity index (χ3n) is 5.40. The molecule has 1 aliphatic rings. The van der Waals surface area contributed by atoms with Gasteiger partial charge < -0.3 is 4.90 Å². The maximum absolute atomic E-state index is 4.54. The molecule has 3 heterocycles. The Kier molecular flexibility index (Phi) is 3.41. The zero-order valence-corrected chi connectivity index (χ0v) is 15.0. The van der Waals surface area contributed by atoms with E-state index in [9.17, 15) is 0 Å². The summed E-state index contributed by atoms with van der Waals surface area (Å²) in [5, 5.41) is 10.1. The Bertz CT molecular complexity index is 876. The smallest absolute Gasteiger partial charge is 0.0913 e. The molecule has 24 heavy (non-hydrogen) atoms. The summed E-state index contributed by atoms with van der Waals surface area (Å²) in [7, 11) is 4.01. The number of piperidine rings is 1. The van der Waals surface area contributed by atoms with Gasteiger partial charge in [0.05, 0.1) is 29.3 Å². The molecule has 4 rings (SSSR count). The van der Waals surface area contributed by atoms with Crippen LogP contribution >= 0.6 is 0 Å². The lowest BCUT2D eigenvalue weighted by molar-refractivity contribution is 0.280. The highest BCUT2D eigenvalue weighted by Gasteiger charge is 2.27. The Morgan fingerprint density at radius 3 is 2.42 bits per heavy atom. The van der Waals surface area contributed by atoms with Crippen molar-refractivity contribution in [1.29, 1.82) is 0 Å². The number of nitrogens with zero attached hydrogens (tertiary/aromatic N) is 5. The summed E-state index contributed by atoms with van der Waals surface area (Å²) in [6.45, 7) is 6.93. The number of rotatable bonds is 2. The van der Waals surface area contributed by atoms with Gasteiger partial charge >= 0.3 is 0 Å². The van der Waals surface area contributed by atoms with E-state index in [1.54, 1.807) is 0 Å². The first kappa shape index (κ1) is 15.2. The molecule has 126 valence electrons. The van der Waals surface area contributed by atoms with Gasteiger partial charge in [-0.2, -0.15) is 10.2 Å². The molecule has 0 spiro atoms. The maximum atomic E-state index is 4.54. The van der Waals surface area contributed by atoms with E-state index in [1.807, 2.05) is 35.9 Å². The summed E-state index contributed by atoms with van der Waals surface area (Å²) in [6, 6.07) is 6.54. The summed E-state index contributed by atoms with van der Waals surface area (Å²) in [4.78, 5) is 2.49. The third kappa shape index (κ3) is 2.48. The van der Waals surface area contributed by atoms with E-state index in [0.717, 1.165) is 18.6 Å². The first-order valence-electron chi connectivity index (χ1n) is 8.64. The van der Waals surface area contributed by atoms with Crippen molar-refractivity contribution in [2.45, 2.75) is 26.7 Å². The largest absolute Gasteiger partial charge is 0.368 e. The van der Waals surface area contributed by atoms with Crippen LogP contribution in [0.4, 0.5) is 5.69 Å². The molecular weight excluding hydrogens is 298 g/mol. The van der Waals surface area contributed by atoms with Crippen molar-refractivity contribution in [2.75, 3.05) is 18.0 Å². The van der Waals surface area contributed by atoms with Crippen LogP contribution in [-0.2, 0) is 14.1 Å². The SMILES string of the molecule is Cn1ncc(N2CCC(C)(C)CC2)c1-c1ccc2c(cnn2C)c1. The van der Waals surface area contributed by atoms with E-state index in [-0.39, 0.29) is 0 Å². The molecule has 0 aliphatic carbocycles. The van der Waals surface area contributed by atoms with Crippen LogP contribution in [-0.4, -0.2) is 32.7 Å². The summed E-state index contributed by atoms with van der Waals surface area (Å²) in [6.07, 6.45) is 6.39. The van der Waals surface area contributed by atoms with Crippen LogP contribution in [0.2, 0.25) is 0 Å². The van der Waals surface area contributed by atoms with Crippen molar-refractivity contribution < 1.29 is 0 Å². The zero-order chi connectivity index (χ0) is 16.9. The highest BCUT2D eigenvalue weighted by molar-refractivity contribution is 5.86. The quantitative estimate of drug-likeness (QED) is 0.723. The fourth-order valence-electron chi connectivity index (χ4n) is 3.66. The fourth-order valence-corrected chi connectivity index (χ4v) is 3.66. The van der Waals surface area contributed by atoms with Crippen LogP contribution in [0.15, 0.2) is 30.6 Å². The molecule has 0 amide bonds. The van der Waals surface area contributed by atoms with Gasteiger partial charge in [-0.05, 0) is 30.4 Å². The zero-order valence-electron chi connectivity index (χ0n) is 15.0. The topological polar surface area (TPSA) is 38.9 Å². The number of aryl methyl sites for hydroxylation is 2. The number of benzene rings is 1. The first-order valence-corrected chi connectivity index (χ1v) is 8.64. The summed E-state index contributed by atoms with van der Waals surface area (Å²) < 4.78 is 3.91. The van der Waals surface area contributed by atoms with Gasteiger partial charge in [0.2, 0.25) is 0 Å². The molecule has 0 bridgehead atoms. The molecule has 1 aromatic carbocycles. The summed E-state index contributed by atoms with van der Waals surface area (Å²) >= 11 is 0. The predicted molar refractivity (Wildman–Crippen MR) is 98.1 cm³/mol. The van der Waals surface area contributed by atoms with Gasteiger partial charge in [0.15, 0.2) is 0 Å². The van der Waals surface area contributed by atoms with Gasteiger partial charge in [-0.3, -0.25) is 9.36 Å². The predicted octanol–water partition coefficient (Wildman–Crippen LogP) is 3.60. The fraction of sp³-hybridized carbons (Fsp3) is 0.474. The molecule has 0 atom stereocenters. The van der Waals surface area contributed by atoms with E-state index < -0.39 is 0 Å². The minimum absolute atomic E-state index is 0.452. The highest BCUT2D eigenvalue weighted by atomic mass is 15.3. The Labute approximate surface area is 142 Å². The van der Waals surface area contributed by atoms with Gasteiger partial charge in [-0.1, -0.05) is 19.9 Å². The number of aromatic nitrogens is 4. The molecule has 0 unspecified atom stereocenters. The second-order valence-corrected chi connectivity index (χ2v) is 7.70. The van der Waals surface area contributed by atoms with Gasteiger partial charge in [0, 0.05) is 38.1 Å². The van der Waals surface area contributed by atoms with Gasteiger partial charge in [-0.25, -0.2) is 0 Å². The van der Waals surface area contributed by atoms with E-state index in [1.165, 1.54) is 35.2 Å². The Morgan fingerprint density at radius 1 is 0.958 bits per heavy atom. The lowest BCUT2D eigenvalue weighted by Gasteiger charge is -2.38. The van der Waals surface area contributed by atoms with E-state index in [2.05, 4.69) is 47.1 Å². The van der Waals surface area contributed by atoms with Crippen LogP contribution in [0.3, 0.4) is 0 Å². The van der Waals surface area contributed by atoms with E-state index in [0.29, 0.717) is 5.41 Å². The number of hydrogen-bond acceptors (Lipinski definition) is 3. The number of anilines is 1. The van der Waals surface area contributed by atoms with Crippen LogP contribution in [0.25, 0.3) is 22.2 Å². The molecule has 5 nitrogen and oxygen atoms in total. The average Bonchev–Trinajstić information content (AvgIpc) is 3.11. The first-order chi connectivity index (χ1) is 11.4. The molecule has 3 aromatic rings. The molecule has 2 aromatic heterocycles. The lowest BCUT2D eigenvalue weighted by atomic mass is 9.82. The minimum Gasteiger partial charge on any atom is -0.368 e. The Morgan fingerprint density at radius 2 is 1.67 bits per heavy atom. The van der Waals surface area contributed by atoms with Crippen LogP contribution in [0, 0.1) is 5.41 Å². The van der Waals surface area contributed by atoms with Crippen molar-refractivity contribution in [2.24, 2.45) is 19.5 Å². The molecule has 1 saturated heterocycles. The van der Waals surface area contributed by atoms with Gasteiger partial charge in [0.25, 0.3) is 0 Å². The Balaban J connectivity index is 1.74. The molecule has 1 aliphatic heterocycles. The maximum Gasteiger partial charge on any atom is 0.0913 e. The molecular formula is C19H25N5. The molecule has 0 radical (unpaired) electrons. The van der Waals surface area contributed by atoms with E-state index in [4.69, 9.17) is 0 Å². The van der Waals surface area contributed by atoms with Crippen LogP contribution < -0.4 is 4.90 Å². The summed E-state index contributed by atoms with van der Waals surface area (Å²) in [5.41, 5.74) is 5.25. The minimum atomic E-state index is 0.452.